The summed E-state index contributed by atoms with van der Waals surface area (Å²) >= 11 is 0.823. The van der Waals surface area contributed by atoms with E-state index in [9.17, 15) is 39.0 Å². The lowest BCUT2D eigenvalue weighted by molar-refractivity contribution is -0.136. The van der Waals surface area contributed by atoms with Gasteiger partial charge in [-0.2, -0.15) is 0 Å². The molecule has 0 radical (unpaired) electrons. The number of nitrogens with one attached hydrogen (secondary N) is 5. The summed E-state index contributed by atoms with van der Waals surface area (Å²) < 4.78 is 0. The minimum absolute atomic E-state index is 0.00879. The number of benzene rings is 3. The van der Waals surface area contributed by atoms with Gasteiger partial charge in [-0.3, -0.25) is 38.8 Å². The summed E-state index contributed by atoms with van der Waals surface area (Å²) in [5, 5.41) is 33.1. The van der Waals surface area contributed by atoms with Crippen LogP contribution in [0.25, 0.3) is 10.8 Å². The Bertz CT molecular complexity index is 2020. The van der Waals surface area contributed by atoms with Crippen LogP contribution in [0.1, 0.15) is 43.2 Å². The molecule has 20 heteroatoms. The lowest BCUT2D eigenvalue weighted by Gasteiger charge is -2.26. The monoisotopic (exact) mass is 833 g/mol. The lowest BCUT2D eigenvalue weighted by atomic mass is 10.0. The fraction of sp³-hybridized carbons (Fsp3) is 0.385. The molecule has 1 aliphatic heterocycles. The van der Waals surface area contributed by atoms with Gasteiger partial charge in [0.05, 0.1) is 6.42 Å². The Morgan fingerprint density at radius 2 is 1.08 bits per heavy atom. The number of carboxylic acids is 1. The van der Waals surface area contributed by atoms with E-state index >= 15 is 0 Å². The molecule has 5 atom stereocenters. The van der Waals surface area contributed by atoms with Crippen molar-refractivity contribution in [2.24, 2.45) is 32.9 Å². The highest BCUT2D eigenvalue weighted by Gasteiger charge is 2.35. The molecule has 3 aromatic carbocycles. The number of rotatable bonds is 16. The van der Waals surface area contributed by atoms with E-state index in [1.807, 2.05) is 36.4 Å². The number of nitrogens with two attached hydrogens (primary N) is 4. The number of hydrogen-bond donors (Lipinski definition) is 11. The normalized spacial score (nSPS) is 20.4. The molecule has 19 nitrogen and oxygen atoms in total. The van der Waals surface area contributed by atoms with E-state index in [0.29, 0.717) is 11.1 Å². The van der Waals surface area contributed by atoms with Crippen molar-refractivity contribution >= 4 is 70.0 Å². The number of carbonyl (C=O) groups is 6. The number of guanidine groups is 2. The quantitative estimate of drug-likeness (QED) is 0.0471. The molecule has 0 aliphatic carbocycles. The second kappa shape index (κ2) is 22.4. The average Bonchev–Trinajstić information content (AvgIpc) is 3.19. The third kappa shape index (κ3) is 15.0. The predicted octanol–water partition coefficient (Wildman–Crippen LogP) is -0.959. The van der Waals surface area contributed by atoms with Crippen molar-refractivity contribution in [2.45, 2.75) is 74.5 Å². The van der Waals surface area contributed by atoms with Crippen molar-refractivity contribution in [3.05, 3.63) is 77.9 Å². The van der Waals surface area contributed by atoms with E-state index in [1.54, 1.807) is 18.2 Å². The number of amides is 5. The summed E-state index contributed by atoms with van der Waals surface area (Å²) in [6.45, 7) is 0.223. The number of nitrogens with zero attached hydrogens (tertiary/aromatic N) is 2. The number of aliphatic imine (C=N–C) groups is 2. The third-order valence-electron chi connectivity index (χ3n) is 9.16. The Kier molecular flexibility index (Phi) is 17.1. The standard InChI is InChI=1S/C39H51N11O8S/c40-38(41)44-16-3-7-27-32(54)46-28(8-4-17-45-39(42)43)33(55)48-30(21-23-9-12-24-5-1-2-6-25(24)19-23)35(57)50-37(59-18-15-31(52)53)36(58)49-29(34(56)47-27)20-22-10-13-26(51)14-11-22/h1-2,5-6,9-14,19,27-30,37,51H,3-4,7-8,15-18,20-21H2,(H,46,54)(H,47,56)(H,48,55)(H,49,58)(H,50,57)(H,52,53)(H4,40,41,44)(H4,42,43,45)/t27-,28-,29+,30-,37+/m0/s1. The molecule has 0 unspecified atom stereocenters. The Labute approximate surface area is 344 Å². The number of hydrogen-bond acceptors (Lipinski definition) is 10. The molecule has 5 amide bonds. The topological polar surface area (TPSA) is 332 Å². The first kappa shape index (κ1) is 45.1. The van der Waals surface area contributed by atoms with Crippen molar-refractivity contribution in [3.8, 4) is 5.75 Å². The Balaban J connectivity index is 1.78. The van der Waals surface area contributed by atoms with Crippen LogP contribution in [-0.4, -0.2) is 106 Å². The molecule has 1 fully saturated rings. The maximum absolute atomic E-state index is 14.2. The molecule has 0 bridgehead atoms. The van der Waals surface area contributed by atoms with Crippen molar-refractivity contribution in [3.63, 3.8) is 0 Å². The van der Waals surface area contributed by atoms with Crippen LogP contribution in [0.5, 0.6) is 5.75 Å². The van der Waals surface area contributed by atoms with Crippen molar-refractivity contribution in [2.75, 3.05) is 18.8 Å². The molecule has 3 aromatic rings. The molecular formula is C39H51N11O8S. The molecule has 0 aromatic heterocycles. The lowest BCUT2D eigenvalue weighted by Crippen LogP contribution is -2.58. The van der Waals surface area contributed by atoms with Gasteiger partial charge in [-0.15, -0.1) is 11.8 Å². The fourth-order valence-corrected chi connectivity index (χ4v) is 7.12. The number of thioether (sulfide) groups is 1. The summed E-state index contributed by atoms with van der Waals surface area (Å²) in [6, 6.07) is 13.8. The Hall–Kier alpha value is -6.57. The van der Waals surface area contributed by atoms with Gasteiger partial charge in [0.2, 0.25) is 23.6 Å². The van der Waals surface area contributed by atoms with Crippen LogP contribution < -0.4 is 49.5 Å². The number of carbonyl (C=O) groups excluding carboxylic acids is 5. The summed E-state index contributed by atoms with van der Waals surface area (Å²) in [6.07, 6.45) is -0.0219. The van der Waals surface area contributed by atoms with Crippen LogP contribution in [-0.2, 0) is 41.6 Å². The summed E-state index contributed by atoms with van der Waals surface area (Å²) in [5.41, 5.74) is 23.2. The van der Waals surface area contributed by atoms with Gasteiger partial charge < -0.3 is 59.7 Å². The van der Waals surface area contributed by atoms with E-state index in [0.717, 1.165) is 22.5 Å². The average molecular weight is 834 g/mol. The van der Waals surface area contributed by atoms with E-state index < -0.39 is 65.0 Å². The van der Waals surface area contributed by atoms with Crippen molar-refractivity contribution in [1.29, 1.82) is 0 Å². The Morgan fingerprint density at radius 3 is 1.64 bits per heavy atom. The van der Waals surface area contributed by atoms with Crippen LogP contribution in [0.15, 0.2) is 76.7 Å². The zero-order valence-corrected chi connectivity index (χ0v) is 33.1. The zero-order valence-electron chi connectivity index (χ0n) is 32.3. The first-order valence-electron chi connectivity index (χ1n) is 18.9. The summed E-state index contributed by atoms with van der Waals surface area (Å²) in [5.74, 6) is -5.51. The minimum atomic E-state index is -1.43. The van der Waals surface area contributed by atoms with Gasteiger partial charge in [0.15, 0.2) is 17.3 Å². The van der Waals surface area contributed by atoms with Gasteiger partial charge in [0.1, 0.15) is 29.9 Å². The number of carboxylic acid groups (broad SMARTS) is 1. The summed E-state index contributed by atoms with van der Waals surface area (Å²) in [7, 11) is 0. The Morgan fingerprint density at radius 1 is 0.610 bits per heavy atom. The van der Waals surface area contributed by atoms with Crippen LogP contribution in [0, 0.1) is 0 Å². The molecular weight excluding hydrogens is 783 g/mol. The second-order valence-corrected chi connectivity index (χ2v) is 15.0. The fourth-order valence-electron chi connectivity index (χ4n) is 6.17. The second-order valence-electron chi connectivity index (χ2n) is 13.8. The van der Waals surface area contributed by atoms with Crippen LogP contribution in [0.3, 0.4) is 0 Å². The molecule has 0 spiro atoms. The number of phenols is 1. The zero-order chi connectivity index (χ0) is 42.9. The van der Waals surface area contributed by atoms with Crippen molar-refractivity contribution in [1.82, 2.24) is 26.6 Å². The largest absolute Gasteiger partial charge is 0.508 e. The van der Waals surface area contributed by atoms with Gasteiger partial charge >= 0.3 is 5.97 Å². The minimum Gasteiger partial charge on any atom is -0.508 e. The maximum Gasteiger partial charge on any atom is 0.304 e. The molecule has 1 saturated heterocycles. The van der Waals surface area contributed by atoms with Gasteiger partial charge in [0, 0.05) is 31.7 Å². The smallest absolute Gasteiger partial charge is 0.304 e. The van der Waals surface area contributed by atoms with Crippen LogP contribution in [0.4, 0.5) is 0 Å². The molecule has 0 saturated carbocycles. The molecule has 4 rings (SSSR count). The van der Waals surface area contributed by atoms with Crippen molar-refractivity contribution < 1.29 is 39.0 Å². The number of aromatic hydroxyl groups is 1. The van der Waals surface area contributed by atoms with Gasteiger partial charge in [-0.25, -0.2) is 0 Å². The number of aliphatic carboxylic acids is 1. The van der Waals surface area contributed by atoms with E-state index in [1.165, 1.54) is 12.1 Å². The highest BCUT2D eigenvalue weighted by atomic mass is 32.2. The van der Waals surface area contributed by atoms with Crippen LogP contribution in [0.2, 0.25) is 0 Å². The molecule has 1 heterocycles. The van der Waals surface area contributed by atoms with E-state index in [-0.39, 0.29) is 81.5 Å². The maximum atomic E-state index is 14.2. The SMILES string of the molecule is NC(N)=NCCC[C@@H]1NC(=O)[C@H](CCCN=C(N)N)NC(=O)[C@@H](Cc2ccc(O)cc2)NC(=O)[C@@H](SCCC(=O)O)NC(=O)[C@H](Cc2ccc3ccccc3c2)NC1=O. The van der Waals surface area contributed by atoms with Gasteiger partial charge in [0.25, 0.3) is 5.91 Å². The van der Waals surface area contributed by atoms with E-state index in [2.05, 4.69) is 36.6 Å². The highest BCUT2D eigenvalue weighted by Crippen LogP contribution is 2.19. The molecule has 15 N–H and O–H groups in total. The highest BCUT2D eigenvalue weighted by molar-refractivity contribution is 8.00. The number of fused-ring (bicyclic) bond motifs is 1. The molecule has 316 valence electrons. The molecule has 1 aliphatic rings. The van der Waals surface area contributed by atoms with Crippen LogP contribution >= 0.6 is 11.8 Å². The van der Waals surface area contributed by atoms with E-state index in [4.69, 9.17) is 22.9 Å². The van der Waals surface area contributed by atoms with Gasteiger partial charge in [-0.1, -0.05) is 54.6 Å². The first-order chi connectivity index (χ1) is 28.2. The van der Waals surface area contributed by atoms with Gasteiger partial charge in [-0.05, 0) is 59.7 Å². The third-order valence-corrected chi connectivity index (χ3v) is 10.3. The predicted molar refractivity (Wildman–Crippen MR) is 224 cm³/mol. The summed E-state index contributed by atoms with van der Waals surface area (Å²) in [4.78, 5) is 90.0. The first-order valence-corrected chi connectivity index (χ1v) is 19.9. The number of phenolic OH excluding ortho intramolecular Hbond substituents is 1. The molecule has 59 heavy (non-hydrogen) atoms.